The lowest BCUT2D eigenvalue weighted by Gasteiger charge is -2.34. The molecule has 0 spiro atoms. The Hall–Kier alpha value is -2.88. The maximum atomic E-state index is 13.0. The van der Waals surface area contributed by atoms with Crippen LogP contribution in [0.4, 0.5) is 10.5 Å². The largest absolute Gasteiger partial charge is 0.457 e. The van der Waals surface area contributed by atoms with Gasteiger partial charge in [-0.2, -0.15) is 0 Å². The van der Waals surface area contributed by atoms with Gasteiger partial charge in [0.2, 0.25) is 0 Å². The molecule has 4 rings (SSSR count). The number of furan rings is 1. The Morgan fingerprint density at radius 3 is 2.41 bits per heavy atom. The molecule has 1 saturated heterocycles. The van der Waals surface area contributed by atoms with Crippen LogP contribution >= 0.6 is 11.6 Å². The summed E-state index contributed by atoms with van der Waals surface area (Å²) in [5, 5.41) is 15.4. The second-order valence-corrected chi connectivity index (χ2v) is 11.6. The predicted octanol–water partition coefficient (Wildman–Crippen LogP) is 4.16. The number of hydrogen-bond acceptors (Lipinski definition) is 6. The topological polar surface area (TPSA) is 115 Å². The van der Waals surface area contributed by atoms with Crippen LogP contribution in [-0.2, 0) is 6.54 Å². The summed E-state index contributed by atoms with van der Waals surface area (Å²) in [5.41, 5.74) is -0.0394. The third kappa shape index (κ3) is 7.56. The van der Waals surface area contributed by atoms with Gasteiger partial charge in [-0.25, -0.2) is 4.79 Å². The predicted molar refractivity (Wildman–Crippen MR) is 141 cm³/mol. The molecule has 1 aliphatic carbocycles. The van der Waals surface area contributed by atoms with Crippen LogP contribution in [0.1, 0.15) is 66.7 Å². The number of anilines is 1. The van der Waals surface area contributed by atoms with Gasteiger partial charge in [0.25, 0.3) is 5.91 Å². The van der Waals surface area contributed by atoms with Crippen LogP contribution < -0.4 is 10.6 Å². The van der Waals surface area contributed by atoms with Gasteiger partial charge >= 0.3 is 6.03 Å². The molecule has 1 aromatic heterocycles. The first kappa shape index (κ1) is 27.2. The van der Waals surface area contributed by atoms with E-state index >= 15 is 0 Å². The molecule has 1 aromatic carbocycles. The van der Waals surface area contributed by atoms with E-state index in [4.69, 9.17) is 16.0 Å². The smallest absolute Gasteiger partial charge is 0.319 e. The van der Waals surface area contributed by atoms with E-state index in [-0.39, 0.29) is 28.7 Å². The van der Waals surface area contributed by atoms with E-state index in [1.807, 2.05) is 26.8 Å². The summed E-state index contributed by atoms with van der Waals surface area (Å²) in [4.78, 5) is 41.4. The summed E-state index contributed by atoms with van der Waals surface area (Å²) in [6.07, 6.45) is 1.79. The van der Waals surface area contributed by atoms with Gasteiger partial charge in [-0.15, -0.1) is 0 Å². The van der Waals surface area contributed by atoms with Crippen molar-refractivity contribution in [2.75, 3.05) is 38.0 Å². The molecule has 1 aliphatic heterocycles. The molecule has 2 heterocycles. The van der Waals surface area contributed by atoms with Crippen LogP contribution in [0.2, 0.25) is 5.02 Å². The van der Waals surface area contributed by atoms with Gasteiger partial charge < -0.3 is 25.1 Å². The maximum Gasteiger partial charge on any atom is 0.319 e. The zero-order valence-electron chi connectivity index (χ0n) is 21.6. The lowest BCUT2D eigenvalue weighted by Crippen LogP contribution is -2.48. The molecule has 0 bridgehead atoms. The number of halogens is 1. The first-order valence-corrected chi connectivity index (χ1v) is 13.0. The minimum atomic E-state index is -0.784. The molecule has 2 fully saturated rings. The molecule has 0 unspecified atom stereocenters. The average Bonchev–Trinajstić information content (AvgIpc) is 3.38. The molecule has 200 valence electrons. The highest BCUT2D eigenvalue weighted by molar-refractivity contribution is 6.34. The second-order valence-electron chi connectivity index (χ2n) is 11.2. The number of urea groups is 1. The van der Waals surface area contributed by atoms with Crippen molar-refractivity contribution in [3.63, 3.8) is 0 Å². The Bertz CT molecular complexity index is 1160. The van der Waals surface area contributed by atoms with E-state index in [1.54, 1.807) is 29.2 Å². The number of nitrogens with zero attached hydrogens (tertiary/aromatic N) is 2. The Balaban J connectivity index is 1.25. The van der Waals surface area contributed by atoms with Crippen LogP contribution in [0.25, 0.3) is 0 Å². The van der Waals surface area contributed by atoms with Gasteiger partial charge in [0, 0.05) is 44.7 Å². The number of ketones is 1. The first-order valence-electron chi connectivity index (χ1n) is 12.6. The number of piperazine rings is 1. The average molecular weight is 531 g/mol. The summed E-state index contributed by atoms with van der Waals surface area (Å²) in [5.74, 6) is 1.02. The maximum absolute atomic E-state index is 13.0. The fraction of sp³-hybridized carbons (Fsp3) is 0.519. The van der Waals surface area contributed by atoms with E-state index in [0.29, 0.717) is 69.0 Å². The molecular weight excluding hydrogens is 496 g/mol. The minimum absolute atomic E-state index is 0.00600. The highest BCUT2D eigenvalue weighted by atomic mass is 35.5. The van der Waals surface area contributed by atoms with Gasteiger partial charge in [0.05, 0.1) is 22.9 Å². The van der Waals surface area contributed by atoms with Gasteiger partial charge in [0.15, 0.2) is 11.5 Å². The van der Waals surface area contributed by atoms with Gasteiger partial charge in [-0.05, 0) is 48.6 Å². The van der Waals surface area contributed by atoms with Crippen LogP contribution in [0.15, 0.2) is 34.7 Å². The molecular formula is C27H35ClN4O5. The van der Waals surface area contributed by atoms with Crippen LogP contribution in [0.5, 0.6) is 0 Å². The van der Waals surface area contributed by atoms with Crippen molar-refractivity contribution in [2.45, 2.75) is 52.2 Å². The van der Waals surface area contributed by atoms with Crippen molar-refractivity contribution in [2.24, 2.45) is 5.41 Å². The van der Waals surface area contributed by atoms with Crippen molar-refractivity contribution >= 4 is 35.0 Å². The van der Waals surface area contributed by atoms with Gasteiger partial charge in [-0.3, -0.25) is 14.5 Å². The van der Waals surface area contributed by atoms with E-state index in [9.17, 15) is 19.5 Å². The lowest BCUT2D eigenvalue weighted by molar-refractivity contribution is 0.0618. The number of carbonyl (C=O) groups excluding carboxylic acids is 3. The zero-order valence-corrected chi connectivity index (χ0v) is 22.4. The molecule has 3 N–H and O–H groups in total. The van der Waals surface area contributed by atoms with E-state index in [2.05, 4.69) is 15.5 Å². The Kier molecular flexibility index (Phi) is 7.96. The molecule has 2 aliphatic rings. The van der Waals surface area contributed by atoms with Crippen molar-refractivity contribution < 1.29 is 23.9 Å². The Morgan fingerprint density at radius 1 is 1.08 bits per heavy atom. The monoisotopic (exact) mass is 530 g/mol. The second kappa shape index (κ2) is 10.8. The fourth-order valence-electron chi connectivity index (χ4n) is 4.18. The quantitative estimate of drug-likeness (QED) is 0.441. The van der Waals surface area contributed by atoms with Gasteiger partial charge in [0.1, 0.15) is 5.76 Å². The first-order chi connectivity index (χ1) is 17.4. The normalized spacial score (nSPS) is 17.4. The van der Waals surface area contributed by atoms with Crippen LogP contribution in [0, 0.1) is 5.41 Å². The summed E-state index contributed by atoms with van der Waals surface area (Å²) in [6.45, 7) is 9.31. The summed E-state index contributed by atoms with van der Waals surface area (Å²) < 4.78 is 5.79. The molecule has 10 heteroatoms. The zero-order chi connectivity index (χ0) is 26.8. The van der Waals surface area contributed by atoms with Crippen LogP contribution in [0.3, 0.4) is 0 Å². The van der Waals surface area contributed by atoms with E-state index in [0.717, 1.165) is 5.76 Å². The summed E-state index contributed by atoms with van der Waals surface area (Å²) in [6, 6.07) is 7.93. The third-order valence-electron chi connectivity index (χ3n) is 6.54. The van der Waals surface area contributed by atoms with E-state index in [1.165, 1.54) is 0 Å². The SMILES string of the molecule is CC(C)(C)CC(=O)c1ccc(CN2CCN(C(=O)c3ccc(NC(=O)NCC4(O)CC4)c(Cl)c3)CC2)o1. The summed E-state index contributed by atoms with van der Waals surface area (Å²) in [7, 11) is 0. The number of amides is 3. The molecule has 3 amide bonds. The summed E-state index contributed by atoms with van der Waals surface area (Å²) >= 11 is 6.33. The Morgan fingerprint density at radius 2 is 1.78 bits per heavy atom. The number of Topliss-reactive ketones (excluding diaryl/α,β-unsaturated/α-hetero) is 1. The molecule has 0 radical (unpaired) electrons. The number of hydrogen-bond donors (Lipinski definition) is 3. The number of nitrogens with one attached hydrogen (secondary N) is 2. The Labute approximate surface area is 222 Å². The van der Waals surface area contributed by atoms with Crippen molar-refractivity contribution in [3.8, 4) is 0 Å². The number of rotatable bonds is 8. The molecule has 2 aromatic rings. The van der Waals surface area contributed by atoms with E-state index < -0.39 is 11.6 Å². The highest BCUT2D eigenvalue weighted by Crippen LogP contribution is 2.34. The van der Waals surface area contributed by atoms with Crippen molar-refractivity contribution in [1.29, 1.82) is 0 Å². The molecule has 37 heavy (non-hydrogen) atoms. The third-order valence-corrected chi connectivity index (χ3v) is 6.85. The highest BCUT2D eigenvalue weighted by Gasteiger charge is 2.40. The molecule has 9 nitrogen and oxygen atoms in total. The number of carbonyl (C=O) groups is 3. The minimum Gasteiger partial charge on any atom is -0.457 e. The van der Waals surface area contributed by atoms with Gasteiger partial charge in [-0.1, -0.05) is 32.4 Å². The van der Waals surface area contributed by atoms with Crippen LogP contribution in [-0.4, -0.2) is 71.0 Å². The number of aliphatic hydroxyl groups is 1. The fourth-order valence-corrected chi connectivity index (χ4v) is 4.40. The van der Waals surface area contributed by atoms with Crippen molar-refractivity contribution in [1.82, 2.24) is 15.1 Å². The molecule has 0 atom stereocenters. The lowest BCUT2D eigenvalue weighted by atomic mass is 9.89. The van der Waals surface area contributed by atoms with Crippen molar-refractivity contribution in [3.05, 3.63) is 52.4 Å². The standard InChI is InChI=1S/C27H35ClN4O5/c1-26(2,3)15-22(33)23-7-5-19(37-23)16-31-10-12-32(13-11-31)24(34)18-4-6-21(20(28)14-18)30-25(35)29-17-27(36)8-9-27/h4-7,14,36H,8-13,15-17H2,1-3H3,(H2,29,30,35). The number of benzene rings is 1. The molecule has 1 saturated carbocycles.